The van der Waals surface area contributed by atoms with E-state index in [2.05, 4.69) is 4.72 Å². The first kappa shape index (κ1) is 15.2. The fourth-order valence-electron chi connectivity index (χ4n) is 0.924. The molecule has 0 saturated heterocycles. The number of hydrogen-bond donors (Lipinski definition) is 1. The lowest BCUT2D eigenvalue weighted by molar-refractivity contribution is 0.443. The Morgan fingerprint density at radius 2 is 1.73 bits per heavy atom. The molecule has 0 heterocycles. The first-order valence-corrected chi connectivity index (χ1v) is 7.31. The third-order valence-corrected chi connectivity index (χ3v) is 4.53. The van der Waals surface area contributed by atoms with Crippen molar-refractivity contribution in [1.82, 2.24) is 4.72 Å². The van der Waals surface area contributed by atoms with E-state index in [1.54, 1.807) is 20.8 Å². The minimum atomic E-state index is -3.21. The van der Waals surface area contributed by atoms with Crippen LogP contribution in [0.15, 0.2) is 0 Å². The smallest absolute Gasteiger partial charge is 0.212 e. The van der Waals surface area contributed by atoms with E-state index in [-0.39, 0.29) is 11.1 Å². The van der Waals surface area contributed by atoms with Gasteiger partial charge in [0.05, 0.1) is 5.75 Å². The van der Waals surface area contributed by atoms with Crippen molar-refractivity contribution >= 4 is 21.6 Å². The van der Waals surface area contributed by atoms with Crippen molar-refractivity contribution < 1.29 is 8.42 Å². The van der Waals surface area contributed by atoms with Gasteiger partial charge in [0.15, 0.2) is 0 Å². The van der Waals surface area contributed by atoms with E-state index in [4.69, 9.17) is 11.6 Å². The van der Waals surface area contributed by atoms with E-state index in [0.717, 1.165) is 0 Å². The molecule has 0 amide bonds. The Balaban J connectivity index is 4.39. The van der Waals surface area contributed by atoms with Gasteiger partial charge in [-0.3, -0.25) is 0 Å². The molecule has 0 aliphatic carbocycles. The summed E-state index contributed by atoms with van der Waals surface area (Å²) in [6.45, 7) is 9.37. The lowest BCUT2D eigenvalue weighted by atomic mass is 10.0. The van der Waals surface area contributed by atoms with Gasteiger partial charge in [-0.05, 0) is 33.1 Å². The van der Waals surface area contributed by atoms with E-state index in [1.165, 1.54) is 0 Å². The van der Waals surface area contributed by atoms with Crippen LogP contribution in [0.2, 0.25) is 0 Å². The van der Waals surface area contributed by atoms with Crippen LogP contribution < -0.4 is 4.72 Å². The number of alkyl halides is 1. The van der Waals surface area contributed by atoms with Gasteiger partial charge in [-0.1, -0.05) is 13.8 Å². The van der Waals surface area contributed by atoms with Crippen LogP contribution in [-0.2, 0) is 10.0 Å². The molecule has 5 heteroatoms. The van der Waals surface area contributed by atoms with Gasteiger partial charge in [-0.25, -0.2) is 13.1 Å². The zero-order valence-electron chi connectivity index (χ0n) is 10.2. The van der Waals surface area contributed by atoms with E-state index >= 15 is 0 Å². The summed E-state index contributed by atoms with van der Waals surface area (Å²) >= 11 is 5.91. The summed E-state index contributed by atoms with van der Waals surface area (Å²) in [5.41, 5.74) is -0.600. The van der Waals surface area contributed by atoms with Gasteiger partial charge >= 0.3 is 0 Å². The Kier molecular flexibility index (Phi) is 5.58. The second kappa shape index (κ2) is 5.51. The molecule has 0 aliphatic rings. The topological polar surface area (TPSA) is 46.2 Å². The summed E-state index contributed by atoms with van der Waals surface area (Å²) in [7, 11) is -3.21. The minimum absolute atomic E-state index is 0.164. The first-order valence-electron chi connectivity index (χ1n) is 5.22. The summed E-state index contributed by atoms with van der Waals surface area (Å²) in [6.07, 6.45) is 0.669. The molecule has 0 radical (unpaired) electrons. The molecule has 1 unspecified atom stereocenters. The summed E-state index contributed by atoms with van der Waals surface area (Å²) in [6, 6.07) is 0. The number of halogens is 1. The van der Waals surface area contributed by atoms with Crippen LogP contribution in [-0.4, -0.2) is 25.1 Å². The van der Waals surface area contributed by atoms with Crippen LogP contribution in [0.1, 0.15) is 41.0 Å². The standard InChI is InChI=1S/C10H22ClNO2S/c1-8(2)6-7-15(13,14)12-10(4,5)9(3)11/h8-9,12H,6-7H2,1-5H3. The van der Waals surface area contributed by atoms with Crippen molar-refractivity contribution in [2.75, 3.05) is 5.75 Å². The van der Waals surface area contributed by atoms with Crippen LogP contribution in [0.25, 0.3) is 0 Å². The van der Waals surface area contributed by atoms with Crippen LogP contribution in [0.3, 0.4) is 0 Å². The number of nitrogens with one attached hydrogen (secondary N) is 1. The highest BCUT2D eigenvalue weighted by atomic mass is 35.5. The molecular formula is C10H22ClNO2S. The monoisotopic (exact) mass is 255 g/mol. The maximum absolute atomic E-state index is 11.7. The van der Waals surface area contributed by atoms with Crippen LogP contribution in [0.5, 0.6) is 0 Å². The summed E-state index contributed by atoms with van der Waals surface area (Å²) < 4.78 is 26.0. The van der Waals surface area contributed by atoms with Crippen molar-refractivity contribution in [2.24, 2.45) is 5.92 Å². The van der Waals surface area contributed by atoms with Gasteiger partial charge < -0.3 is 0 Å². The van der Waals surface area contributed by atoms with Gasteiger partial charge in [-0.15, -0.1) is 11.6 Å². The number of hydrogen-bond acceptors (Lipinski definition) is 2. The van der Waals surface area contributed by atoms with Crippen molar-refractivity contribution in [3.8, 4) is 0 Å². The predicted octanol–water partition coefficient (Wildman–Crippen LogP) is 2.36. The molecule has 0 bridgehead atoms. The van der Waals surface area contributed by atoms with Crippen molar-refractivity contribution in [2.45, 2.75) is 52.0 Å². The van der Waals surface area contributed by atoms with Crippen LogP contribution in [0.4, 0.5) is 0 Å². The molecule has 0 fully saturated rings. The average Bonchev–Trinajstić information content (AvgIpc) is 1.99. The molecule has 1 N–H and O–H groups in total. The molecule has 15 heavy (non-hydrogen) atoms. The Morgan fingerprint density at radius 3 is 2.07 bits per heavy atom. The maximum atomic E-state index is 11.7. The van der Waals surface area contributed by atoms with Gasteiger partial charge in [0.1, 0.15) is 0 Å². The highest BCUT2D eigenvalue weighted by Crippen LogP contribution is 2.16. The van der Waals surface area contributed by atoms with Gasteiger partial charge in [0.2, 0.25) is 10.0 Å². The van der Waals surface area contributed by atoms with E-state index in [9.17, 15) is 8.42 Å². The minimum Gasteiger partial charge on any atom is -0.212 e. The Labute approximate surface area is 98.6 Å². The molecule has 0 saturated carbocycles. The van der Waals surface area contributed by atoms with Crippen molar-refractivity contribution in [3.05, 3.63) is 0 Å². The zero-order valence-corrected chi connectivity index (χ0v) is 11.7. The third-order valence-electron chi connectivity index (χ3n) is 2.38. The molecule has 92 valence electrons. The summed E-state index contributed by atoms with van der Waals surface area (Å²) in [5.74, 6) is 0.552. The average molecular weight is 256 g/mol. The predicted molar refractivity (Wildman–Crippen MR) is 65.8 cm³/mol. The Hall–Kier alpha value is 0.200. The SMILES string of the molecule is CC(C)CCS(=O)(=O)NC(C)(C)C(C)Cl. The fourth-order valence-corrected chi connectivity index (χ4v) is 2.91. The molecule has 1 atom stereocenters. The highest BCUT2D eigenvalue weighted by molar-refractivity contribution is 7.89. The van der Waals surface area contributed by atoms with Crippen molar-refractivity contribution in [3.63, 3.8) is 0 Å². The molecular weight excluding hydrogens is 234 g/mol. The normalized spacial score (nSPS) is 15.7. The molecule has 0 aromatic rings. The van der Waals surface area contributed by atoms with Crippen molar-refractivity contribution in [1.29, 1.82) is 0 Å². The molecule has 0 spiro atoms. The van der Waals surface area contributed by atoms with Gasteiger partial charge in [-0.2, -0.15) is 0 Å². The van der Waals surface area contributed by atoms with Crippen LogP contribution >= 0.6 is 11.6 Å². The van der Waals surface area contributed by atoms with Gasteiger partial charge in [0, 0.05) is 10.9 Å². The maximum Gasteiger partial charge on any atom is 0.212 e. The molecule has 0 rings (SSSR count). The highest BCUT2D eigenvalue weighted by Gasteiger charge is 2.29. The van der Waals surface area contributed by atoms with Gasteiger partial charge in [0.25, 0.3) is 0 Å². The summed E-state index contributed by atoms with van der Waals surface area (Å²) in [4.78, 5) is 0. The lowest BCUT2D eigenvalue weighted by Crippen LogP contribution is -2.49. The third kappa shape index (κ3) is 6.38. The molecule has 0 aliphatic heterocycles. The second-order valence-corrected chi connectivity index (χ2v) is 7.44. The Morgan fingerprint density at radius 1 is 1.27 bits per heavy atom. The zero-order chi connectivity index (χ0) is 12.3. The Bertz CT molecular complexity index is 284. The van der Waals surface area contributed by atoms with E-state index in [1.807, 2.05) is 13.8 Å². The largest absolute Gasteiger partial charge is 0.212 e. The molecule has 3 nitrogen and oxygen atoms in total. The number of sulfonamides is 1. The van der Waals surface area contributed by atoms with Crippen LogP contribution in [0, 0.1) is 5.92 Å². The number of rotatable bonds is 6. The van der Waals surface area contributed by atoms with E-state index < -0.39 is 15.6 Å². The first-order chi connectivity index (χ1) is 6.57. The van der Waals surface area contributed by atoms with E-state index in [0.29, 0.717) is 12.3 Å². The quantitative estimate of drug-likeness (QED) is 0.741. The molecule has 0 aromatic carbocycles. The summed E-state index contributed by atoms with van der Waals surface area (Å²) in [5, 5.41) is -0.244. The lowest BCUT2D eigenvalue weighted by Gasteiger charge is -2.28. The molecule has 0 aromatic heterocycles. The fraction of sp³-hybridized carbons (Fsp3) is 1.00. The second-order valence-electron chi connectivity index (χ2n) is 4.94.